The largest absolute Gasteiger partial charge is 0.497 e. The summed E-state index contributed by atoms with van der Waals surface area (Å²) in [5, 5.41) is 9.42. The molecule has 0 aromatic heterocycles. The highest BCUT2D eigenvalue weighted by Gasteiger charge is 2.15. The summed E-state index contributed by atoms with van der Waals surface area (Å²) in [6.45, 7) is 7.61. The Bertz CT molecular complexity index is 565. The zero-order valence-electron chi connectivity index (χ0n) is 16.9. The number of nitrogens with zero attached hydrogens (tertiary/aromatic N) is 1. The highest BCUT2D eigenvalue weighted by atomic mass is 127. The molecule has 1 unspecified atom stereocenters. The zero-order chi connectivity index (χ0) is 19.4. The molecule has 0 aliphatic rings. The van der Waals surface area contributed by atoms with Crippen molar-refractivity contribution in [1.29, 1.82) is 0 Å². The molecule has 0 saturated carbocycles. The van der Waals surface area contributed by atoms with Gasteiger partial charge < -0.3 is 25.4 Å². The number of aliphatic imine (C=N–C) groups is 1. The maximum Gasteiger partial charge on any atom is 0.407 e. The molecule has 0 aliphatic heterocycles. The number of methoxy groups -OCH3 is 1. The average molecular weight is 492 g/mol. The average Bonchev–Trinajstić information content (AvgIpc) is 2.61. The van der Waals surface area contributed by atoms with Crippen LogP contribution in [0, 0.1) is 5.92 Å². The number of carbonyl (C=O) groups is 1. The van der Waals surface area contributed by atoms with Gasteiger partial charge in [-0.1, -0.05) is 26.0 Å². The van der Waals surface area contributed by atoms with Crippen LogP contribution in [0.5, 0.6) is 5.75 Å². The maximum absolute atomic E-state index is 11.7. The van der Waals surface area contributed by atoms with E-state index in [1.165, 1.54) is 0 Å². The van der Waals surface area contributed by atoms with Crippen LogP contribution < -0.4 is 20.7 Å². The number of hydrogen-bond acceptors (Lipinski definition) is 4. The Morgan fingerprint density at radius 2 is 1.85 bits per heavy atom. The van der Waals surface area contributed by atoms with Crippen LogP contribution in [0.1, 0.15) is 32.8 Å². The first-order chi connectivity index (χ1) is 12.5. The van der Waals surface area contributed by atoms with E-state index in [0.717, 1.165) is 17.7 Å². The molecule has 0 radical (unpaired) electrons. The lowest BCUT2D eigenvalue weighted by Gasteiger charge is -2.22. The van der Waals surface area contributed by atoms with Crippen LogP contribution in [0.15, 0.2) is 29.3 Å². The topological polar surface area (TPSA) is 84.0 Å². The van der Waals surface area contributed by atoms with Crippen molar-refractivity contribution in [3.8, 4) is 5.75 Å². The van der Waals surface area contributed by atoms with E-state index in [2.05, 4.69) is 34.8 Å². The molecule has 1 rings (SSSR count). The van der Waals surface area contributed by atoms with E-state index in [1.54, 1.807) is 21.1 Å². The number of hydrogen-bond donors (Lipinski definition) is 3. The van der Waals surface area contributed by atoms with Crippen molar-refractivity contribution in [3.63, 3.8) is 0 Å². The van der Waals surface area contributed by atoms with Crippen LogP contribution >= 0.6 is 24.0 Å². The van der Waals surface area contributed by atoms with Gasteiger partial charge in [-0.2, -0.15) is 0 Å². The minimum absolute atomic E-state index is 0. The first kappa shape index (κ1) is 25.3. The summed E-state index contributed by atoms with van der Waals surface area (Å²) in [5.74, 6) is 1.97. The molecule has 0 bridgehead atoms. The fraction of sp³-hybridized carbons (Fsp3) is 0.579. The summed E-state index contributed by atoms with van der Waals surface area (Å²) in [5.41, 5.74) is 1.12. The Morgan fingerprint density at radius 3 is 2.37 bits per heavy atom. The molecule has 0 fully saturated rings. The Labute approximate surface area is 179 Å². The van der Waals surface area contributed by atoms with Gasteiger partial charge in [-0.05, 0) is 37.0 Å². The quantitative estimate of drug-likeness (QED) is 0.280. The number of alkyl carbamates (subject to hydrolysis) is 1. The fourth-order valence-corrected chi connectivity index (χ4v) is 2.47. The second kappa shape index (κ2) is 14.4. The lowest BCUT2D eigenvalue weighted by atomic mass is 10.0. The number of ether oxygens (including phenoxy) is 2. The first-order valence-corrected chi connectivity index (χ1v) is 8.99. The van der Waals surface area contributed by atoms with Gasteiger partial charge in [0, 0.05) is 26.2 Å². The van der Waals surface area contributed by atoms with Gasteiger partial charge in [-0.15, -0.1) is 24.0 Å². The minimum atomic E-state index is -0.388. The van der Waals surface area contributed by atoms with Crippen molar-refractivity contribution >= 4 is 36.0 Å². The van der Waals surface area contributed by atoms with E-state index in [-0.39, 0.29) is 36.1 Å². The molecule has 8 heteroatoms. The van der Waals surface area contributed by atoms with Crippen LogP contribution in [-0.4, -0.2) is 45.4 Å². The standard InChI is InChI=1S/C19H32N4O3.HI/c1-6-26-19(24)23-16(11-14(2)3)13-22-18(20-4)21-12-15-7-9-17(25-5)10-8-15;/h7-10,14,16H,6,11-13H2,1-5H3,(H,23,24)(H2,20,21,22);1H. The molecule has 1 aromatic carbocycles. The lowest BCUT2D eigenvalue weighted by Crippen LogP contribution is -2.47. The predicted octanol–water partition coefficient (Wildman–Crippen LogP) is 3.14. The van der Waals surface area contributed by atoms with E-state index in [0.29, 0.717) is 31.6 Å². The van der Waals surface area contributed by atoms with Crippen molar-refractivity contribution in [2.75, 3.05) is 27.3 Å². The van der Waals surface area contributed by atoms with E-state index in [9.17, 15) is 4.79 Å². The van der Waals surface area contributed by atoms with E-state index in [4.69, 9.17) is 9.47 Å². The van der Waals surface area contributed by atoms with E-state index < -0.39 is 0 Å². The normalized spacial score (nSPS) is 12.0. The third-order valence-electron chi connectivity index (χ3n) is 3.71. The Kier molecular flexibility index (Phi) is 13.5. The fourth-order valence-electron chi connectivity index (χ4n) is 2.47. The number of rotatable bonds is 9. The molecule has 1 amide bonds. The number of amides is 1. The number of guanidine groups is 1. The van der Waals surface area contributed by atoms with Crippen molar-refractivity contribution in [2.24, 2.45) is 10.9 Å². The van der Waals surface area contributed by atoms with Crippen LogP contribution in [0.25, 0.3) is 0 Å². The highest BCUT2D eigenvalue weighted by molar-refractivity contribution is 14.0. The summed E-state index contributed by atoms with van der Waals surface area (Å²) in [4.78, 5) is 15.9. The summed E-state index contributed by atoms with van der Waals surface area (Å²) in [6, 6.07) is 7.82. The van der Waals surface area contributed by atoms with Gasteiger partial charge in [0.15, 0.2) is 5.96 Å². The van der Waals surface area contributed by atoms with Crippen LogP contribution in [-0.2, 0) is 11.3 Å². The van der Waals surface area contributed by atoms with Gasteiger partial charge in [-0.25, -0.2) is 4.79 Å². The second-order valence-electron chi connectivity index (χ2n) is 6.35. The van der Waals surface area contributed by atoms with Gasteiger partial charge >= 0.3 is 6.09 Å². The molecule has 27 heavy (non-hydrogen) atoms. The highest BCUT2D eigenvalue weighted by Crippen LogP contribution is 2.10. The number of benzene rings is 1. The minimum Gasteiger partial charge on any atom is -0.497 e. The van der Waals surface area contributed by atoms with E-state index >= 15 is 0 Å². The molecule has 1 aromatic rings. The SMILES string of the molecule is CCOC(=O)NC(CNC(=NC)NCc1ccc(OC)cc1)CC(C)C.I. The van der Waals surface area contributed by atoms with Crippen molar-refractivity contribution < 1.29 is 14.3 Å². The van der Waals surface area contributed by atoms with Gasteiger partial charge in [0.2, 0.25) is 0 Å². The smallest absolute Gasteiger partial charge is 0.407 e. The summed E-state index contributed by atoms with van der Waals surface area (Å²) in [7, 11) is 3.37. The van der Waals surface area contributed by atoms with Gasteiger partial charge in [-0.3, -0.25) is 4.99 Å². The molecule has 1 atom stereocenters. The number of halogens is 1. The van der Waals surface area contributed by atoms with Gasteiger partial charge in [0.1, 0.15) is 5.75 Å². The third-order valence-corrected chi connectivity index (χ3v) is 3.71. The molecular weight excluding hydrogens is 459 g/mol. The van der Waals surface area contributed by atoms with Crippen molar-refractivity contribution in [2.45, 2.75) is 39.8 Å². The van der Waals surface area contributed by atoms with Gasteiger partial charge in [0.25, 0.3) is 0 Å². The Morgan fingerprint density at radius 1 is 1.19 bits per heavy atom. The molecule has 0 saturated heterocycles. The number of carbonyl (C=O) groups excluding carboxylic acids is 1. The molecule has 154 valence electrons. The molecule has 0 heterocycles. The summed E-state index contributed by atoms with van der Waals surface area (Å²) < 4.78 is 10.1. The van der Waals surface area contributed by atoms with Crippen molar-refractivity contribution in [3.05, 3.63) is 29.8 Å². The first-order valence-electron chi connectivity index (χ1n) is 8.99. The summed E-state index contributed by atoms with van der Waals surface area (Å²) in [6.07, 6.45) is 0.461. The third kappa shape index (κ3) is 10.9. The van der Waals surface area contributed by atoms with E-state index in [1.807, 2.05) is 24.3 Å². The Hall–Kier alpha value is -1.71. The molecule has 0 spiro atoms. The molecular formula is C19H33IN4O3. The van der Waals surface area contributed by atoms with Crippen molar-refractivity contribution in [1.82, 2.24) is 16.0 Å². The summed E-state index contributed by atoms with van der Waals surface area (Å²) >= 11 is 0. The monoisotopic (exact) mass is 492 g/mol. The molecule has 0 aliphatic carbocycles. The predicted molar refractivity (Wildman–Crippen MR) is 120 cm³/mol. The van der Waals surface area contributed by atoms with Crippen LogP contribution in [0.4, 0.5) is 4.79 Å². The lowest BCUT2D eigenvalue weighted by molar-refractivity contribution is 0.146. The Balaban J connectivity index is 0.00000676. The molecule has 3 N–H and O–H groups in total. The zero-order valence-corrected chi connectivity index (χ0v) is 19.2. The van der Waals surface area contributed by atoms with Gasteiger partial charge in [0.05, 0.1) is 13.7 Å². The second-order valence-corrected chi connectivity index (χ2v) is 6.35. The van der Waals surface area contributed by atoms with Crippen LogP contribution in [0.2, 0.25) is 0 Å². The number of nitrogens with one attached hydrogen (secondary N) is 3. The van der Waals surface area contributed by atoms with Crippen LogP contribution in [0.3, 0.4) is 0 Å². The molecule has 7 nitrogen and oxygen atoms in total. The maximum atomic E-state index is 11.7.